The molecule has 1 nitrogen and oxygen atoms in total. The monoisotopic (exact) mass is 296 g/mol. The van der Waals surface area contributed by atoms with Crippen molar-refractivity contribution < 1.29 is 5.11 Å². The minimum Gasteiger partial charge on any atom is -0.384 e. The molecule has 0 heterocycles. The van der Waals surface area contributed by atoms with Crippen LogP contribution in [0.5, 0.6) is 0 Å². The van der Waals surface area contributed by atoms with Crippen LogP contribution < -0.4 is 0 Å². The van der Waals surface area contributed by atoms with E-state index in [1.165, 1.54) is 10.8 Å². The lowest BCUT2D eigenvalue weighted by molar-refractivity contribution is 0.228. The van der Waals surface area contributed by atoms with Gasteiger partial charge in [-0.15, -0.1) is 0 Å². The molecule has 0 aliphatic rings. The highest BCUT2D eigenvalue weighted by atomic mass is 28.3. The maximum atomic E-state index is 10.4. The Morgan fingerprint density at radius 2 is 1.52 bits per heavy atom. The van der Waals surface area contributed by atoms with Crippen LogP contribution in [0.3, 0.4) is 0 Å². The SMILES string of the molecule is C/C(=C\C(O)c1ccccc1)[Si](C)(C)Cc1ccccc1. The van der Waals surface area contributed by atoms with Crippen molar-refractivity contribution in [2.75, 3.05) is 0 Å². The van der Waals surface area contributed by atoms with Crippen molar-refractivity contribution in [1.29, 1.82) is 0 Å². The van der Waals surface area contributed by atoms with Crippen molar-refractivity contribution in [3.63, 3.8) is 0 Å². The lowest BCUT2D eigenvalue weighted by Crippen LogP contribution is -2.31. The van der Waals surface area contributed by atoms with Crippen LogP contribution in [0, 0.1) is 0 Å². The molecule has 0 aliphatic heterocycles. The van der Waals surface area contributed by atoms with E-state index in [0.717, 1.165) is 11.6 Å². The highest BCUT2D eigenvalue weighted by Gasteiger charge is 2.24. The number of rotatable bonds is 5. The summed E-state index contributed by atoms with van der Waals surface area (Å²) in [4.78, 5) is 0. The topological polar surface area (TPSA) is 20.2 Å². The summed E-state index contributed by atoms with van der Waals surface area (Å²) in [5.74, 6) is 0. The average molecular weight is 296 g/mol. The Labute approximate surface area is 129 Å². The molecule has 0 saturated heterocycles. The molecule has 0 amide bonds. The molecule has 0 radical (unpaired) electrons. The number of allylic oxidation sites excluding steroid dienone is 1. The third kappa shape index (κ3) is 4.41. The van der Waals surface area contributed by atoms with Crippen molar-refractivity contribution in [2.24, 2.45) is 0 Å². The zero-order chi connectivity index (χ0) is 15.3. The molecule has 1 N–H and O–H groups in total. The Hall–Kier alpha value is -1.64. The number of aliphatic hydroxyl groups excluding tert-OH is 1. The van der Waals surface area contributed by atoms with Crippen LogP contribution in [0.2, 0.25) is 13.1 Å². The minimum absolute atomic E-state index is 0.506. The molecular weight excluding hydrogens is 272 g/mol. The van der Waals surface area contributed by atoms with Gasteiger partial charge in [-0.1, -0.05) is 90.6 Å². The van der Waals surface area contributed by atoms with E-state index in [-0.39, 0.29) is 0 Å². The highest BCUT2D eigenvalue weighted by molar-refractivity contribution is 6.83. The van der Waals surface area contributed by atoms with Crippen LogP contribution in [0.1, 0.15) is 24.2 Å². The van der Waals surface area contributed by atoms with Crippen molar-refractivity contribution >= 4 is 8.07 Å². The van der Waals surface area contributed by atoms with Crippen molar-refractivity contribution in [2.45, 2.75) is 32.2 Å². The number of hydrogen-bond donors (Lipinski definition) is 1. The fourth-order valence-electron chi connectivity index (χ4n) is 2.45. The molecule has 1 unspecified atom stereocenters. The smallest absolute Gasteiger partial charge is 0.0970 e. The highest BCUT2D eigenvalue weighted by Crippen LogP contribution is 2.24. The van der Waals surface area contributed by atoms with Crippen LogP contribution >= 0.6 is 0 Å². The lowest BCUT2D eigenvalue weighted by atomic mass is 10.1. The molecule has 2 aromatic carbocycles. The fraction of sp³-hybridized carbons (Fsp3) is 0.263. The first-order valence-corrected chi connectivity index (χ1v) is 10.7. The molecular formula is C19H24OSi. The largest absolute Gasteiger partial charge is 0.384 e. The summed E-state index contributed by atoms with van der Waals surface area (Å²) in [6.45, 7) is 6.90. The summed E-state index contributed by atoms with van der Waals surface area (Å²) in [6, 6.07) is 21.6. The Morgan fingerprint density at radius 1 is 1.00 bits per heavy atom. The summed E-state index contributed by atoms with van der Waals surface area (Å²) in [7, 11) is -1.54. The van der Waals surface area contributed by atoms with Crippen LogP contribution in [-0.4, -0.2) is 13.2 Å². The van der Waals surface area contributed by atoms with Gasteiger partial charge in [0.1, 0.15) is 0 Å². The van der Waals surface area contributed by atoms with Crippen LogP contribution in [0.15, 0.2) is 71.9 Å². The van der Waals surface area contributed by atoms with E-state index in [4.69, 9.17) is 0 Å². The zero-order valence-electron chi connectivity index (χ0n) is 13.1. The molecule has 0 aromatic heterocycles. The van der Waals surface area contributed by atoms with E-state index < -0.39 is 14.2 Å². The first-order valence-electron chi connectivity index (χ1n) is 7.45. The van der Waals surface area contributed by atoms with Crippen LogP contribution in [-0.2, 0) is 6.04 Å². The molecule has 21 heavy (non-hydrogen) atoms. The number of benzene rings is 2. The van der Waals surface area contributed by atoms with Gasteiger partial charge >= 0.3 is 0 Å². The summed E-state index contributed by atoms with van der Waals surface area (Å²) < 4.78 is 0. The first-order chi connectivity index (χ1) is 9.99. The van der Waals surface area contributed by atoms with E-state index in [1.54, 1.807) is 0 Å². The van der Waals surface area contributed by atoms with E-state index in [9.17, 15) is 5.11 Å². The van der Waals surface area contributed by atoms with Gasteiger partial charge in [-0.25, -0.2) is 0 Å². The molecule has 0 bridgehead atoms. The maximum absolute atomic E-state index is 10.4. The van der Waals surface area contributed by atoms with Gasteiger partial charge in [-0.3, -0.25) is 0 Å². The molecule has 0 fully saturated rings. The lowest BCUT2D eigenvalue weighted by Gasteiger charge is -2.25. The quantitative estimate of drug-likeness (QED) is 0.793. The van der Waals surface area contributed by atoms with E-state index >= 15 is 0 Å². The molecule has 0 saturated carbocycles. The third-order valence-corrected chi connectivity index (χ3v) is 7.70. The van der Waals surface area contributed by atoms with E-state index in [0.29, 0.717) is 0 Å². The third-order valence-electron chi connectivity index (χ3n) is 4.11. The zero-order valence-corrected chi connectivity index (χ0v) is 14.1. The average Bonchev–Trinajstić information content (AvgIpc) is 2.48. The Balaban J connectivity index is 2.13. The van der Waals surface area contributed by atoms with Gasteiger partial charge in [-0.2, -0.15) is 0 Å². The normalized spacial score (nSPS) is 14.0. The van der Waals surface area contributed by atoms with E-state index in [2.05, 4.69) is 50.3 Å². The second-order valence-corrected chi connectivity index (χ2v) is 11.2. The molecule has 110 valence electrons. The van der Waals surface area contributed by atoms with Crippen LogP contribution in [0.4, 0.5) is 0 Å². The first kappa shape index (κ1) is 15.7. The molecule has 2 heteroatoms. The number of aliphatic hydroxyl groups is 1. The Kier molecular flexibility index (Phi) is 5.15. The second kappa shape index (κ2) is 6.88. The summed E-state index contributed by atoms with van der Waals surface area (Å²) >= 11 is 0. The molecule has 2 rings (SSSR count). The Bertz CT molecular complexity index is 587. The van der Waals surface area contributed by atoms with Gasteiger partial charge in [0, 0.05) is 0 Å². The number of hydrogen-bond acceptors (Lipinski definition) is 1. The van der Waals surface area contributed by atoms with Gasteiger partial charge in [0.15, 0.2) is 0 Å². The van der Waals surface area contributed by atoms with Crippen molar-refractivity contribution in [3.8, 4) is 0 Å². The van der Waals surface area contributed by atoms with Gasteiger partial charge < -0.3 is 5.11 Å². The van der Waals surface area contributed by atoms with Gasteiger partial charge in [0.25, 0.3) is 0 Å². The van der Waals surface area contributed by atoms with Crippen molar-refractivity contribution in [3.05, 3.63) is 83.1 Å². The van der Waals surface area contributed by atoms with Crippen LogP contribution in [0.25, 0.3) is 0 Å². The molecule has 0 aliphatic carbocycles. The summed E-state index contributed by atoms with van der Waals surface area (Å²) in [5.41, 5.74) is 2.34. The Morgan fingerprint density at radius 3 is 2.10 bits per heavy atom. The standard InChI is InChI=1S/C19H24OSi/c1-16(14-19(20)18-12-8-5-9-13-18)21(2,3)15-17-10-6-4-7-11-17/h4-14,19-20H,15H2,1-3H3/b16-14+. The van der Waals surface area contributed by atoms with Gasteiger partial charge in [0.2, 0.25) is 0 Å². The fourth-order valence-corrected chi connectivity index (χ4v) is 4.60. The van der Waals surface area contributed by atoms with E-state index in [1.807, 2.05) is 36.4 Å². The molecule has 0 spiro atoms. The summed E-state index contributed by atoms with van der Waals surface area (Å²) in [6.07, 6.45) is 1.53. The molecule has 1 atom stereocenters. The summed E-state index contributed by atoms with van der Waals surface area (Å²) in [5, 5.41) is 11.7. The second-order valence-electron chi connectivity index (χ2n) is 6.25. The minimum atomic E-state index is -1.54. The van der Waals surface area contributed by atoms with Gasteiger partial charge in [0.05, 0.1) is 14.2 Å². The predicted molar refractivity (Wildman–Crippen MR) is 92.8 cm³/mol. The maximum Gasteiger partial charge on any atom is 0.0970 e. The molecule has 2 aromatic rings. The predicted octanol–water partition coefficient (Wildman–Crippen LogP) is 4.70. The van der Waals surface area contributed by atoms with Crippen molar-refractivity contribution in [1.82, 2.24) is 0 Å². The van der Waals surface area contributed by atoms with Gasteiger partial charge in [-0.05, 0) is 18.5 Å².